The van der Waals surface area contributed by atoms with Gasteiger partial charge in [0.25, 0.3) is 11.8 Å². The van der Waals surface area contributed by atoms with Crippen molar-refractivity contribution in [2.45, 2.75) is 19.9 Å². The molecular weight excluding hydrogens is 284 g/mol. The molecule has 1 aliphatic heterocycles. The Morgan fingerprint density at radius 3 is 2.86 bits per heavy atom. The van der Waals surface area contributed by atoms with Crippen LogP contribution < -0.4 is 15.4 Å². The van der Waals surface area contributed by atoms with Gasteiger partial charge < -0.3 is 19.8 Å². The maximum absolute atomic E-state index is 12.1. The first-order valence-electron chi connectivity index (χ1n) is 6.97. The van der Waals surface area contributed by atoms with E-state index < -0.39 is 0 Å². The third-order valence-electron chi connectivity index (χ3n) is 3.45. The van der Waals surface area contributed by atoms with Gasteiger partial charge in [0.1, 0.15) is 11.5 Å². The highest BCUT2D eigenvalue weighted by Crippen LogP contribution is 2.30. The molecule has 1 atom stereocenters. The molecule has 2 N–H and O–H groups in total. The van der Waals surface area contributed by atoms with Gasteiger partial charge in [0, 0.05) is 0 Å². The number of amides is 2. The molecule has 0 saturated carbocycles. The standard InChI is InChI=1S/C16H16N2O4/c1-9-3-5-14(22-9)16(20)17-10(2)11-4-6-13-12(7-11)18-15(19)8-21-13/h3-7,10H,8H2,1-2H3,(H,17,20)(H,18,19)/t10-/m1/s1. The van der Waals surface area contributed by atoms with Gasteiger partial charge in [-0.2, -0.15) is 0 Å². The topological polar surface area (TPSA) is 80.6 Å². The second-order valence-corrected chi connectivity index (χ2v) is 5.20. The zero-order valence-electron chi connectivity index (χ0n) is 12.3. The van der Waals surface area contributed by atoms with Gasteiger partial charge in [0.05, 0.1) is 11.7 Å². The van der Waals surface area contributed by atoms with Crippen LogP contribution in [-0.4, -0.2) is 18.4 Å². The number of fused-ring (bicyclic) bond motifs is 1. The van der Waals surface area contributed by atoms with E-state index in [1.807, 2.05) is 13.0 Å². The summed E-state index contributed by atoms with van der Waals surface area (Å²) in [5, 5.41) is 5.61. The van der Waals surface area contributed by atoms with Crippen molar-refractivity contribution in [3.05, 3.63) is 47.4 Å². The largest absolute Gasteiger partial charge is 0.482 e. The molecule has 2 aromatic rings. The van der Waals surface area contributed by atoms with E-state index >= 15 is 0 Å². The van der Waals surface area contributed by atoms with Crippen LogP contribution in [0, 0.1) is 6.92 Å². The molecule has 0 saturated heterocycles. The second kappa shape index (κ2) is 5.55. The van der Waals surface area contributed by atoms with Crippen molar-refractivity contribution in [2.75, 3.05) is 11.9 Å². The zero-order valence-corrected chi connectivity index (χ0v) is 12.3. The Morgan fingerprint density at radius 1 is 1.32 bits per heavy atom. The Labute approximate surface area is 127 Å². The lowest BCUT2D eigenvalue weighted by atomic mass is 10.1. The van der Waals surface area contributed by atoms with Crippen molar-refractivity contribution < 1.29 is 18.7 Å². The molecule has 0 fully saturated rings. The summed E-state index contributed by atoms with van der Waals surface area (Å²) >= 11 is 0. The molecule has 1 aliphatic rings. The first-order valence-corrected chi connectivity index (χ1v) is 6.97. The van der Waals surface area contributed by atoms with Gasteiger partial charge >= 0.3 is 0 Å². The summed E-state index contributed by atoms with van der Waals surface area (Å²) in [6, 6.07) is 8.58. The highest BCUT2D eigenvalue weighted by molar-refractivity contribution is 5.95. The van der Waals surface area contributed by atoms with E-state index in [1.165, 1.54) is 0 Å². The third kappa shape index (κ3) is 2.81. The number of nitrogens with one attached hydrogen (secondary N) is 2. The van der Waals surface area contributed by atoms with E-state index in [2.05, 4.69) is 10.6 Å². The lowest BCUT2D eigenvalue weighted by Gasteiger charge is -2.20. The minimum atomic E-state index is -0.279. The molecule has 22 heavy (non-hydrogen) atoms. The molecule has 6 nitrogen and oxygen atoms in total. The molecule has 0 aliphatic carbocycles. The fourth-order valence-electron chi connectivity index (χ4n) is 2.28. The van der Waals surface area contributed by atoms with Crippen LogP contribution in [0.2, 0.25) is 0 Å². The monoisotopic (exact) mass is 300 g/mol. The Kier molecular flexibility index (Phi) is 3.58. The highest BCUT2D eigenvalue weighted by Gasteiger charge is 2.19. The van der Waals surface area contributed by atoms with Gasteiger partial charge in [-0.25, -0.2) is 0 Å². The van der Waals surface area contributed by atoms with Crippen molar-refractivity contribution in [3.63, 3.8) is 0 Å². The van der Waals surface area contributed by atoms with Gasteiger partial charge in [0.15, 0.2) is 12.4 Å². The van der Waals surface area contributed by atoms with Crippen LogP contribution in [0.1, 0.15) is 34.8 Å². The minimum Gasteiger partial charge on any atom is -0.482 e. The smallest absolute Gasteiger partial charge is 0.287 e. The van der Waals surface area contributed by atoms with E-state index in [0.29, 0.717) is 17.2 Å². The quantitative estimate of drug-likeness (QED) is 0.912. The van der Waals surface area contributed by atoms with Crippen molar-refractivity contribution in [1.29, 1.82) is 0 Å². The number of hydrogen-bond donors (Lipinski definition) is 2. The molecule has 0 unspecified atom stereocenters. The van der Waals surface area contributed by atoms with E-state index in [0.717, 1.165) is 5.56 Å². The Bertz CT molecular complexity index is 735. The summed E-state index contributed by atoms with van der Waals surface area (Å²) in [5.41, 5.74) is 1.48. The number of ether oxygens (including phenoxy) is 1. The van der Waals surface area contributed by atoms with Gasteiger partial charge in [0.2, 0.25) is 0 Å². The van der Waals surface area contributed by atoms with Crippen molar-refractivity contribution in [1.82, 2.24) is 5.32 Å². The summed E-state index contributed by atoms with van der Waals surface area (Å²) in [6.45, 7) is 3.67. The maximum Gasteiger partial charge on any atom is 0.287 e. The predicted octanol–water partition coefficient (Wildman–Crippen LogP) is 2.41. The molecule has 3 rings (SSSR count). The summed E-state index contributed by atoms with van der Waals surface area (Å²) in [4.78, 5) is 23.4. The van der Waals surface area contributed by atoms with Crippen LogP contribution in [0.3, 0.4) is 0 Å². The Balaban J connectivity index is 1.75. The average Bonchev–Trinajstić information content (AvgIpc) is 2.93. The summed E-state index contributed by atoms with van der Waals surface area (Å²) in [5.74, 6) is 1.12. The maximum atomic E-state index is 12.1. The third-order valence-corrected chi connectivity index (χ3v) is 3.45. The molecular formula is C16H16N2O4. The number of benzene rings is 1. The van der Waals surface area contributed by atoms with Gasteiger partial charge in [-0.1, -0.05) is 6.07 Å². The molecule has 0 radical (unpaired) electrons. The molecule has 1 aromatic heterocycles. The molecule has 0 spiro atoms. The van der Waals surface area contributed by atoms with E-state index in [1.54, 1.807) is 31.2 Å². The Morgan fingerprint density at radius 2 is 2.14 bits per heavy atom. The highest BCUT2D eigenvalue weighted by atomic mass is 16.5. The molecule has 6 heteroatoms. The van der Waals surface area contributed by atoms with Crippen molar-refractivity contribution >= 4 is 17.5 Å². The number of furan rings is 1. The van der Waals surface area contributed by atoms with E-state index in [-0.39, 0.29) is 30.2 Å². The Hall–Kier alpha value is -2.76. The number of rotatable bonds is 3. The summed E-state index contributed by atoms with van der Waals surface area (Å²) < 4.78 is 10.6. The molecule has 114 valence electrons. The van der Waals surface area contributed by atoms with Crippen LogP contribution in [-0.2, 0) is 4.79 Å². The van der Waals surface area contributed by atoms with Crippen LogP contribution >= 0.6 is 0 Å². The number of carbonyl (C=O) groups excluding carboxylic acids is 2. The number of hydrogen-bond acceptors (Lipinski definition) is 4. The average molecular weight is 300 g/mol. The zero-order chi connectivity index (χ0) is 15.7. The number of anilines is 1. The summed E-state index contributed by atoms with van der Waals surface area (Å²) in [7, 11) is 0. The molecule has 2 amide bonds. The number of carbonyl (C=O) groups is 2. The molecule has 2 heterocycles. The van der Waals surface area contributed by atoms with Gasteiger partial charge in [-0.3, -0.25) is 9.59 Å². The summed E-state index contributed by atoms with van der Waals surface area (Å²) in [6.07, 6.45) is 0. The van der Waals surface area contributed by atoms with Crippen molar-refractivity contribution in [3.8, 4) is 5.75 Å². The molecule has 1 aromatic carbocycles. The van der Waals surface area contributed by atoms with Gasteiger partial charge in [-0.05, 0) is 43.7 Å². The first-order chi connectivity index (χ1) is 10.5. The normalized spacial score (nSPS) is 14.5. The van der Waals surface area contributed by atoms with E-state index in [4.69, 9.17) is 9.15 Å². The number of aryl methyl sites for hydroxylation is 1. The fraction of sp³-hybridized carbons (Fsp3) is 0.250. The lowest BCUT2D eigenvalue weighted by molar-refractivity contribution is -0.118. The fourth-order valence-corrected chi connectivity index (χ4v) is 2.28. The predicted molar refractivity (Wildman–Crippen MR) is 79.9 cm³/mol. The second-order valence-electron chi connectivity index (χ2n) is 5.20. The SMILES string of the molecule is Cc1ccc(C(=O)N[C@H](C)c2ccc3c(c2)NC(=O)CO3)o1. The van der Waals surface area contributed by atoms with Crippen LogP contribution in [0.5, 0.6) is 5.75 Å². The van der Waals surface area contributed by atoms with Crippen LogP contribution in [0.4, 0.5) is 5.69 Å². The van der Waals surface area contributed by atoms with Crippen LogP contribution in [0.25, 0.3) is 0 Å². The lowest BCUT2D eigenvalue weighted by Crippen LogP contribution is -2.28. The van der Waals surface area contributed by atoms with Gasteiger partial charge in [-0.15, -0.1) is 0 Å². The first kappa shape index (κ1) is 14.2. The van der Waals surface area contributed by atoms with Crippen LogP contribution in [0.15, 0.2) is 34.7 Å². The van der Waals surface area contributed by atoms with E-state index in [9.17, 15) is 9.59 Å². The minimum absolute atomic E-state index is 0.0243. The molecule has 0 bridgehead atoms. The van der Waals surface area contributed by atoms with Crippen molar-refractivity contribution in [2.24, 2.45) is 0 Å².